The standard InChI is InChI=1S/C8H12N2/c1-6-3-7(9)5-8(4-6)10-2/h3-5,10H,9H2,1-2H3. The number of nitrogen functional groups attached to an aromatic ring is 1. The van der Waals surface area contributed by atoms with Gasteiger partial charge in [-0.25, -0.2) is 0 Å². The molecule has 0 atom stereocenters. The lowest BCUT2D eigenvalue weighted by molar-refractivity contribution is 1.43. The van der Waals surface area contributed by atoms with Crippen molar-refractivity contribution in [3.63, 3.8) is 0 Å². The van der Waals surface area contributed by atoms with Crippen molar-refractivity contribution in [1.29, 1.82) is 0 Å². The van der Waals surface area contributed by atoms with E-state index in [1.54, 1.807) is 0 Å². The van der Waals surface area contributed by atoms with Gasteiger partial charge in [0.15, 0.2) is 0 Å². The average Bonchev–Trinajstić information content (AvgIpc) is 1.85. The molecule has 0 bridgehead atoms. The van der Waals surface area contributed by atoms with Gasteiger partial charge in [-0.05, 0) is 30.7 Å². The molecular weight excluding hydrogens is 124 g/mol. The van der Waals surface area contributed by atoms with Gasteiger partial charge in [0.1, 0.15) is 0 Å². The molecule has 0 aliphatic heterocycles. The highest BCUT2D eigenvalue weighted by Gasteiger charge is 1.91. The smallest absolute Gasteiger partial charge is 0.0360 e. The maximum absolute atomic E-state index is 5.60. The van der Waals surface area contributed by atoms with Gasteiger partial charge < -0.3 is 11.1 Å². The Bertz CT molecular complexity index is 210. The maximum Gasteiger partial charge on any atom is 0.0360 e. The van der Waals surface area contributed by atoms with Gasteiger partial charge in [-0.1, -0.05) is 0 Å². The van der Waals surface area contributed by atoms with Crippen LogP contribution in [-0.4, -0.2) is 7.05 Å². The molecule has 0 unspecified atom stereocenters. The third-order valence-corrected chi connectivity index (χ3v) is 1.39. The normalized spacial score (nSPS) is 9.40. The summed E-state index contributed by atoms with van der Waals surface area (Å²) < 4.78 is 0. The second-order valence-corrected chi connectivity index (χ2v) is 2.38. The Labute approximate surface area is 61.1 Å². The van der Waals surface area contributed by atoms with Gasteiger partial charge in [0.05, 0.1) is 0 Å². The van der Waals surface area contributed by atoms with E-state index in [2.05, 4.69) is 11.4 Å². The van der Waals surface area contributed by atoms with Crippen molar-refractivity contribution in [1.82, 2.24) is 0 Å². The molecule has 0 amide bonds. The molecule has 1 aromatic carbocycles. The van der Waals surface area contributed by atoms with Crippen LogP contribution in [-0.2, 0) is 0 Å². The van der Waals surface area contributed by atoms with Crippen LogP contribution in [0.2, 0.25) is 0 Å². The van der Waals surface area contributed by atoms with Crippen LogP contribution < -0.4 is 11.1 Å². The molecule has 0 radical (unpaired) electrons. The molecular formula is C8H12N2. The van der Waals surface area contributed by atoms with Crippen molar-refractivity contribution in [3.8, 4) is 0 Å². The number of aryl methyl sites for hydroxylation is 1. The topological polar surface area (TPSA) is 38.0 Å². The molecule has 54 valence electrons. The van der Waals surface area contributed by atoms with Crippen molar-refractivity contribution in [3.05, 3.63) is 23.8 Å². The molecule has 0 saturated heterocycles. The fourth-order valence-electron chi connectivity index (χ4n) is 0.957. The van der Waals surface area contributed by atoms with Crippen molar-refractivity contribution in [2.45, 2.75) is 6.92 Å². The van der Waals surface area contributed by atoms with Crippen LogP contribution in [0.1, 0.15) is 5.56 Å². The molecule has 1 aromatic rings. The molecule has 0 aliphatic rings. The van der Waals surface area contributed by atoms with E-state index >= 15 is 0 Å². The number of benzene rings is 1. The number of hydrogen-bond donors (Lipinski definition) is 2. The molecule has 0 heterocycles. The average molecular weight is 136 g/mol. The summed E-state index contributed by atoms with van der Waals surface area (Å²) in [6.45, 7) is 2.02. The zero-order valence-corrected chi connectivity index (χ0v) is 6.31. The van der Waals surface area contributed by atoms with Crippen LogP contribution in [0.15, 0.2) is 18.2 Å². The molecule has 0 spiro atoms. The van der Waals surface area contributed by atoms with E-state index in [-0.39, 0.29) is 0 Å². The molecule has 2 nitrogen and oxygen atoms in total. The number of anilines is 2. The molecule has 0 fully saturated rings. The van der Waals surface area contributed by atoms with E-state index in [9.17, 15) is 0 Å². The van der Waals surface area contributed by atoms with Gasteiger partial charge in [-0.15, -0.1) is 0 Å². The van der Waals surface area contributed by atoms with Gasteiger partial charge in [0, 0.05) is 18.4 Å². The van der Waals surface area contributed by atoms with E-state index < -0.39 is 0 Å². The van der Waals surface area contributed by atoms with Crippen LogP contribution in [0.25, 0.3) is 0 Å². The summed E-state index contributed by atoms with van der Waals surface area (Å²) in [6.07, 6.45) is 0. The predicted molar refractivity (Wildman–Crippen MR) is 45.1 cm³/mol. The second kappa shape index (κ2) is 2.60. The molecule has 10 heavy (non-hydrogen) atoms. The van der Waals surface area contributed by atoms with Crippen LogP contribution in [0, 0.1) is 6.92 Å². The van der Waals surface area contributed by atoms with Crippen molar-refractivity contribution < 1.29 is 0 Å². The minimum absolute atomic E-state index is 0.810. The minimum Gasteiger partial charge on any atom is -0.399 e. The molecule has 2 heteroatoms. The van der Waals surface area contributed by atoms with Crippen molar-refractivity contribution in [2.24, 2.45) is 0 Å². The van der Waals surface area contributed by atoms with Crippen molar-refractivity contribution >= 4 is 11.4 Å². The van der Waals surface area contributed by atoms with Gasteiger partial charge in [0.25, 0.3) is 0 Å². The zero-order valence-electron chi connectivity index (χ0n) is 6.31. The van der Waals surface area contributed by atoms with E-state index in [0.717, 1.165) is 11.4 Å². The van der Waals surface area contributed by atoms with E-state index in [1.807, 2.05) is 26.1 Å². The Morgan fingerprint density at radius 1 is 1.30 bits per heavy atom. The monoisotopic (exact) mass is 136 g/mol. The van der Waals surface area contributed by atoms with Crippen LogP contribution in [0.3, 0.4) is 0 Å². The van der Waals surface area contributed by atoms with E-state index in [0.29, 0.717) is 0 Å². The zero-order chi connectivity index (χ0) is 7.56. The molecule has 0 aromatic heterocycles. The highest BCUT2D eigenvalue weighted by molar-refractivity contribution is 5.56. The summed E-state index contributed by atoms with van der Waals surface area (Å²) in [5.74, 6) is 0. The SMILES string of the molecule is CNc1cc(C)cc(N)c1. The Kier molecular flexibility index (Phi) is 1.81. The van der Waals surface area contributed by atoms with Gasteiger partial charge >= 0.3 is 0 Å². The summed E-state index contributed by atoms with van der Waals surface area (Å²) in [4.78, 5) is 0. The lowest BCUT2D eigenvalue weighted by atomic mass is 10.2. The van der Waals surface area contributed by atoms with E-state index in [4.69, 9.17) is 5.73 Å². The van der Waals surface area contributed by atoms with E-state index in [1.165, 1.54) is 5.56 Å². The summed E-state index contributed by atoms with van der Waals surface area (Å²) in [5, 5.41) is 3.03. The maximum atomic E-state index is 5.60. The summed E-state index contributed by atoms with van der Waals surface area (Å²) >= 11 is 0. The predicted octanol–water partition coefficient (Wildman–Crippen LogP) is 1.62. The lowest BCUT2D eigenvalue weighted by Gasteiger charge is -2.02. The molecule has 0 saturated carbocycles. The number of hydrogen-bond acceptors (Lipinski definition) is 2. The largest absolute Gasteiger partial charge is 0.399 e. The third kappa shape index (κ3) is 1.41. The Balaban J connectivity index is 3.06. The first-order chi connectivity index (χ1) is 4.72. The first-order valence-corrected chi connectivity index (χ1v) is 3.27. The Morgan fingerprint density at radius 2 is 2.00 bits per heavy atom. The fourth-order valence-corrected chi connectivity index (χ4v) is 0.957. The summed E-state index contributed by atoms with van der Waals surface area (Å²) in [6, 6.07) is 5.91. The number of nitrogens with one attached hydrogen (secondary N) is 1. The van der Waals surface area contributed by atoms with Crippen molar-refractivity contribution in [2.75, 3.05) is 18.1 Å². The Hall–Kier alpha value is -1.18. The Morgan fingerprint density at radius 3 is 2.50 bits per heavy atom. The van der Waals surface area contributed by atoms with Gasteiger partial charge in [-0.2, -0.15) is 0 Å². The van der Waals surface area contributed by atoms with Gasteiger partial charge in [-0.3, -0.25) is 0 Å². The minimum atomic E-state index is 0.810. The quantitative estimate of drug-likeness (QED) is 0.576. The van der Waals surface area contributed by atoms with Crippen LogP contribution >= 0.6 is 0 Å². The lowest BCUT2D eigenvalue weighted by Crippen LogP contribution is -1.91. The van der Waals surface area contributed by atoms with Crippen LogP contribution in [0.5, 0.6) is 0 Å². The second-order valence-electron chi connectivity index (χ2n) is 2.38. The van der Waals surface area contributed by atoms with Gasteiger partial charge in [0.2, 0.25) is 0 Å². The highest BCUT2D eigenvalue weighted by Crippen LogP contribution is 2.14. The molecule has 0 aliphatic carbocycles. The highest BCUT2D eigenvalue weighted by atomic mass is 14.8. The first kappa shape index (κ1) is 6.93. The third-order valence-electron chi connectivity index (χ3n) is 1.39. The number of nitrogens with two attached hydrogens (primary N) is 1. The van der Waals surface area contributed by atoms with Crippen LogP contribution in [0.4, 0.5) is 11.4 Å². The molecule has 1 rings (SSSR count). The summed E-state index contributed by atoms with van der Waals surface area (Å²) in [7, 11) is 1.88. The number of rotatable bonds is 1. The summed E-state index contributed by atoms with van der Waals surface area (Å²) in [5.41, 5.74) is 8.66. The first-order valence-electron chi connectivity index (χ1n) is 3.27. The molecule has 3 N–H and O–H groups in total. The fraction of sp³-hybridized carbons (Fsp3) is 0.250.